The summed E-state index contributed by atoms with van der Waals surface area (Å²) in [5.74, 6) is -2.45. The van der Waals surface area contributed by atoms with Gasteiger partial charge in [-0.15, -0.1) is 0 Å². The van der Waals surface area contributed by atoms with Crippen molar-refractivity contribution in [2.24, 2.45) is 5.41 Å². The molecule has 4 aromatic rings. The topological polar surface area (TPSA) is 139 Å². The van der Waals surface area contributed by atoms with Crippen LogP contribution in [0.3, 0.4) is 0 Å². The van der Waals surface area contributed by atoms with E-state index in [0.29, 0.717) is 59.5 Å². The number of carbonyl (C=O) groups excluding carboxylic acids is 3. The van der Waals surface area contributed by atoms with Gasteiger partial charge in [-0.1, -0.05) is 0 Å². The summed E-state index contributed by atoms with van der Waals surface area (Å²) in [5, 5.41) is 16.3. The van der Waals surface area contributed by atoms with Crippen molar-refractivity contribution in [3.05, 3.63) is 78.5 Å². The minimum atomic E-state index is -1.30. The number of rotatable bonds is 13. The van der Waals surface area contributed by atoms with Crippen LogP contribution in [0.25, 0.3) is 10.9 Å². The number of halogens is 2. The Morgan fingerprint density at radius 3 is 2.20 bits per heavy atom. The van der Waals surface area contributed by atoms with Crippen molar-refractivity contribution >= 4 is 40.1 Å². The average molecular weight is 628 g/mol. The van der Waals surface area contributed by atoms with Gasteiger partial charge in [-0.2, -0.15) is 0 Å². The number of ether oxygens (including phenoxy) is 3. The van der Waals surface area contributed by atoms with Gasteiger partial charge < -0.3 is 34.7 Å². The molecule has 45 heavy (non-hydrogen) atoms. The molecule has 1 aromatic heterocycles. The molecule has 0 aliphatic heterocycles. The number of anilines is 2. The van der Waals surface area contributed by atoms with Crippen molar-refractivity contribution in [3.8, 4) is 23.0 Å². The molecular weight excluding hydrogens is 599 g/mol. The van der Waals surface area contributed by atoms with Gasteiger partial charge in [-0.3, -0.25) is 14.6 Å². The zero-order chi connectivity index (χ0) is 31.3. The van der Waals surface area contributed by atoms with E-state index in [2.05, 4.69) is 15.6 Å². The Hall–Kier alpha value is -4.26. The van der Waals surface area contributed by atoms with Crippen LogP contribution in [0.5, 0.6) is 23.0 Å². The minimum absolute atomic E-state index is 0. The SMILES string of the molecule is COc1cc2c(Oc3ccc(NC(=O)C4(C(=O)Nc5ccc(F)cc5)CC4)cc3F)ccnc2cc1OCCCCC(=O)[O-].[Na+]. The maximum Gasteiger partial charge on any atom is 1.00 e. The van der Waals surface area contributed by atoms with Crippen molar-refractivity contribution in [2.45, 2.75) is 32.1 Å². The van der Waals surface area contributed by atoms with E-state index in [-0.39, 0.29) is 54.0 Å². The van der Waals surface area contributed by atoms with Gasteiger partial charge in [0, 0.05) is 41.1 Å². The number of methoxy groups -OCH3 is 1. The van der Waals surface area contributed by atoms with Gasteiger partial charge in [0.1, 0.15) is 17.0 Å². The smallest absolute Gasteiger partial charge is 0.550 e. The summed E-state index contributed by atoms with van der Waals surface area (Å²) in [7, 11) is 1.46. The van der Waals surface area contributed by atoms with E-state index < -0.39 is 34.8 Å². The molecule has 1 heterocycles. The number of pyridine rings is 1. The molecule has 0 spiro atoms. The van der Waals surface area contributed by atoms with Crippen LogP contribution in [0.4, 0.5) is 20.2 Å². The van der Waals surface area contributed by atoms with E-state index in [9.17, 15) is 23.9 Å². The molecule has 0 bridgehead atoms. The van der Waals surface area contributed by atoms with Crippen molar-refractivity contribution in [1.29, 1.82) is 0 Å². The van der Waals surface area contributed by atoms with E-state index in [4.69, 9.17) is 14.2 Å². The summed E-state index contributed by atoms with van der Waals surface area (Å²) >= 11 is 0. The molecule has 1 aliphatic rings. The van der Waals surface area contributed by atoms with Crippen molar-refractivity contribution in [1.82, 2.24) is 4.98 Å². The van der Waals surface area contributed by atoms with Crippen molar-refractivity contribution in [3.63, 3.8) is 0 Å². The molecule has 2 amide bonds. The number of amides is 2. The Bertz CT molecular complexity index is 1720. The first-order valence-electron chi connectivity index (χ1n) is 13.8. The molecule has 0 unspecified atom stereocenters. The summed E-state index contributed by atoms with van der Waals surface area (Å²) < 4.78 is 45.4. The maximum atomic E-state index is 15.2. The Morgan fingerprint density at radius 1 is 0.867 bits per heavy atom. The fraction of sp³-hybridized carbons (Fsp3) is 0.250. The van der Waals surface area contributed by atoms with Gasteiger partial charge >= 0.3 is 29.6 Å². The molecule has 1 saturated carbocycles. The van der Waals surface area contributed by atoms with E-state index in [0.717, 1.165) is 6.07 Å². The van der Waals surface area contributed by atoms with Gasteiger partial charge in [-0.25, -0.2) is 8.78 Å². The Balaban J connectivity index is 0.00000461. The predicted molar refractivity (Wildman–Crippen MR) is 154 cm³/mol. The van der Waals surface area contributed by atoms with Gasteiger partial charge in [-0.05, 0) is 80.6 Å². The van der Waals surface area contributed by atoms with Crippen LogP contribution >= 0.6 is 0 Å². The molecule has 1 fully saturated rings. The van der Waals surface area contributed by atoms with Gasteiger partial charge in [0.15, 0.2) is 23.1 Å². The number of benzene rings is 3. The Morgan fingerprint density at radius 2 is 1.56 bits per heavy atom. The molecule has 10 nitrogen and oxygen atoms in total. The number of hydrogen-bond donors (Lipinski definition) is 2. The zero-order valence-electron chi connectivity index (χ0n) is 24.7. The Kier molecular flexibility index (Phi) is 11.0. The third kappa shape index (κ3) is 8.07. The zero-order valence-corrected chi connectivity index (χ0v) is 26.7. The number of carboxylic acid groups (broad SMARTS) is 1. The summed E-state index contributed by atoms with van der Waals surface area (Å²) in [5.41, 5.74) is -0.304. The van der Waals surface area contributed by atoms with Crippen LogP contribution in [-0.4, -0.2) is 36.5 Å². The van der Waals surface area contributed by atoms with Crippen LogP contribution in [0.15, 0.2) is 66.9 Å². The molecule has 0 radical (unpaired) electrons. The van der Waals surface area contributed by atoms with Crippen LogP contribution in [0.1, 0.15) is 32.1 Å². The predicted octanol–water partition coefficient (Wildman–Crippen LogP) is 1.97. The second kappa shape index (κ2) is 14.7. The normalized spacial score (nSPS) is 12.9. The summed E-state index contributed by atoms with van der Waals surface area (Å²) in [6.45, 7) is 0.263. The number of nitrogens with zero attached hydrogens (tertiary/aromatic N) is 1. The van der Waals surface area contributed by atoms with Crippen LogP contribution in [0.2, 0.25) is 0 Å². The molecule has 2 N–H and O–H groups in total. The number of carboxylic acids is 1. The second-order valence-electron chi connectivity index (χ2n) is 10.3. The quantitative estimate of drug-likeness (QED) is 0.130. The molecule has 5 rings (SSSR count). The summed E-state index contributed by atoms with van der Waals surface area (Å²) in [6.07, 6.45) is 3.00. The molecule has 3 aromatic carbocycles. The fourth-order valence-electron chi connectivity index (χ4n) is 4.54. The number of nitrogens with one attached hydrogen (secondary N) is 2. The average Bonchev–Trinajstić information content (AvgIpc) is 3.82. The first kappa shape index (κ1) is 33.6. The van der Waals surface area contributed by atoms with Gasteiger partial charge in [0.05, 0.1) is 19.2 Å². The van der Waals surface area contributed by atoms with Crippen LogP contribution in [-0.2, 0) is 14.4 Å². The van der Waals surface area contributed by atoms with E-state index >= 15 is 4.39 Å². The Labute approximate surface area is 279 Å². The molecule has 228 valence electrons. The monoisotopic (exact) mass is 627 g/mol. The second-order valence-corrected chi connectivity index (χ2v) is 10.3. The number of carbonyl (C=O) groups is 3. The van der Waals surface area contributed by atoms with E-state index in [1.54, 1.807) is 18.2 Å². The number of fused-ring (bicyclic) bond motifs is 1. The van der Waals surface area contributed by atoms with E-state index in [1.165, 1.54) is 49.7 Å². The third-order valence-electron chi connectivity index (χ3n) is 7.15. The van der Waals surface area contributed by atoms with Crippen LogP contribution in [0, 0.1) is 17.0 Å². The standard InChI is InChI=1S/C32H29F2N3O7.Na/c1-42-27-17-22-24(18-28(27)43-15-3-2-4-29(38)39)35-14-11-25(22)44-26-10-9-21(16-23(26)34)37-31(41)32(12-13-32)30(40)36-20-7-5-19(33)6-8-20;/h5-11,14,16-18H,2-4,12-13,15H2,1H3,(H,36,40)(H,37,41)(H,38,39);/q;+1/p-1. The van der Waals surface area contributed by atoms with Crippen LogP contribution < -0.4 is 59.5 Å². The number of hydrogen-bond acceptors (Lipinski definition) is 8. The maximum absolute atomic E-state index is 15.2. The van der Waals surface area contributed by atoms with Crippen molar-refractivity contribution in [2.75, 3.05) is 24.4 Å². The number of aliphatic carboxylic acids is 1. The minimum Gasteiger partial charge on any atom is -0.550 e. The first-order chi connectivity index (χ1) is 21.2. The molecule has 13 heteroatoms. The fourth-order valence-corrected chi connectivity index (χ4v) is 4.54. The van der Waals surface area contributed by atoms with Gasteiger partial charge in [0.25, 0.3) is 0 Å². The summed E-state index contributed by atoms with van der Waals surface area (Å²) in [6, 6.07) is 14.0. The van der Waals surface area contributed by atoms with Crippen molar-refractivity contribution < 1.29 is 72.0 Å². The molecule has 0 atom stereocenters. The summed E-state index contributed by atoms with van der Waals surface area (Å²) in [4.78, 5) is 40.7. The number of aromatic nitrogens is 1. The molecule has 1 aliphatic carbocycles. The largest absolute Gasteiger partial charge is 1.00 e. The van der Waals surface area contributed by atoms with E-state index in [1.807, 2.05) is 0 Å². The first-order valence-corrected chi connectivity index (χ1v) is 13.8. The number of unbranched alkanes of at least 4 members (excludes halogenated alkanes) is 1. The molecule has 0 saturated heterocycles. The third-order valence-corrected chi connectivity index (χ3v) is 7.15. The molecular formula is C32H28F2N3NaO7. The van der Waals surface area contributed by atoms with Gasteiger partial charge in [0.2, 0.25) is 11.8 Å².